The van der Waals surface area contributed by atoms with Gasteiger partial charge in [0.25, 0.3) is 0 Å². The van der Waals surface area contributed by atoms with Crippen LogP contribution in [0.15, 0.2) is 34.8 Å². The number of hydrogen-bond acceptors (Lipinski definition) is 0. The third-order valence-corrected chi connectivity index (χ3v) is 4.54. The van der Waals surface area contributed by atoms with Crippen LogP contribution in [0.5, 0.6) is 0 Å². The van der Waals surface area contributed by atoms with Crippen molar-refractivity contribution in [3.63, 3.8) is 0 Å². The Morgan fingerprint density at radius 3 is 2.21 bits per heavy atom. The highest BCUT2D eigenvalue weighted by molar-refractivity contribution is 9.10. The predicted molar refractivity (Wildman–Crippen MR) is 80.7 cm³/mol. The summed E-state index contributed by atoms with van der Waals surface area (Å²) in [5, 5.41) is 0. The number of rotatable bonds is 2. The highest BCUT2D eigenvalue weighted by atomic mass is 79.9. The Labute approximate surface area is 128 Å². The van der Waals surface area contributed by atoms with Gasteiger partial charge in [0.1, 0.15) is 11.6 Å². The molecule has 2 aromatic carbocycles. The fraction of sp³-hybridized carbons (Fsp3) is 0.200. The van der Waals surface area contributed by atoms with Gasteiger partial charge in [-0.15, -0.1) is 0 Å². The van der Waals surface area contributed by atoms with Crippen LogP contribution in [0.25, 0.3) is 0 Å². The minimum absolute atomic E-state index is 0.292. The van der Waals surface area contributed by atoms with E-state index in [1.807, 2.05) is 25.1 Å². The molecule has 0 spiro atoms. The lowest BCUT2D eigenvalue weighted by molar-refractivity contribution is 0.569. The Balaban J connectivity index is 2.49. The van der Waals surface area contributed by atoms with E-state index in [9.17, 15) is 8.78 Å². The second-order valence-corrected chi connectivity index (χ2v) is 6.32. The smallest absolute Gasteiger partial charge is 0.130 e. The topological polar surface area (TPSA) is 0 Å². The van der Waals surface area contributed by atoms with Crippen LogP contribution in [0.3, 0.4) is 0 Å². The van der Waals surface area contributed by atoms with Gasteiger partial charge in [0.15, 0.2) is 0 Å². The molecule has 0 nitrogen and oxygen atoms in total. The van der Waals surface area contributed by atoms with Crippen LogP contribution in [0.4, 0.5) is 8.78 Å². The first-order valence-corrected chi connectivity index (χ1v) is 7.46. The van der Waals surface area contributed by atoms with Crippen LogP contribution in [-0.4, -0.2) is 0 Å². The average Bonchev–Trinajstić information content (AvgIpc) is 2.33. The van der Waals surface area contributed by atoms with E-state index < -0.39 is 11.6 Å². The predicted octanol–water partition coefficient (Wildman–Crippen LogP) is 5.83. The van der Waals surface area contributed by atoms with Crippen molar-refractivity contribution in [1.29, 1.82) is 0 Å². The van der Waals surface area contributed by atoms with Gasteiger partial charge in [-0.3, -0.25) is 0 Å². The monoisotopic (exact) mass is 388 g/mol. The van der Waals surface area contributed by atoms with E-state index in [4.69, 9.17) is 0 Å². The van der Waals surface area contributed by atoms with Crippen LogP contribution < -0.4 is 0 Å². The fourth-order valence-electron chi connectivity index (χ4n) is 1.96. The van der Waals surface area contributed by atoms with Crippen molar-refractivity contribution in [3.05, 3.63) is 68.7 Å². The van der Waals surface area contributed by atoms with Crippen molar-refractivity contribution >= 4 is 31.9 Å². The van der Waals surface area contributed by atoms with Crippen LogP contribution in [-0.2, 0) is 0 Å². The van der Waals surface area contributed by atoms with Gasteiger partial charge in [-0.2, -0.15) is 0 Å². The van der Waals surface area contributed by atoms with Crippen molar-refractivity contribution in [3.8, 4) is 0 Å². The number of alkyl halides is 1. The minimum Gasteiger partial charge on any atom is -0.207 e. The Bertz CT molecular complexity index is 624. The zero-order valence-electron chi connectivity index (χ0n) is 10.5. The molecule has 0 aliphatic carbocycles. The molecule has 2 rings (SSSR count). The van der Waals surface area contributed by atoms with Gasteiger partial charge in [-0.05, 0) is 48.7 Å². The molecule has 0 heterocycles. The first-order chi connectivity index (χ1) is 8.90. The molecule has 100 valence electrons. The fourth-order valence-corrected chi connectivity index (χ4v) is 3.30. The second kappa shape index (κ2) is 5.71. The van der Waals surface area contributed by atoms with Crippen molar-refractivity contribution in [1.82, 2.24) is 0 Å². The second-order valence-electron chi connectivity index (χ2n) is 4.49. The lowest BCUT2D eigenvalue weighted by atomic mass is 9.99. The highest BCUT2D eigenvalue weighted by Crippen LogP contribution is 2.36. The third-order valence-electron chi connectivity index (χ3n) is 3.06. The maximum absolute atomic E-state index is 13.9. The molecule has 0 radical (unpaired) electrons. The van der Waals surface area contributed by atoms with E-state index in [-0.39, 0.29) is 4.83 Å². The molecule has 19 heavy (non-hydrogen) atoms. The standard InChI is InChI=1S/C15H12Br2F2/c1-8-5-10(16)3-4-11(8)15(17)12-6-9(2)13(18)7-14(12)19/h3-7,15H,1-2H3. The molecule has 0 N–H and O–H groups in total. The van der Waals surface area contributed by atoms with Gasteiger partial charge >= 0.3 is 0 Å². The van der Waals surface area contributed by atoms with Gasteiger partial charge in [-0.25, -0.2) is 8.78 Å². The molecule has 0 aliphatic heterocycles. The Kier molecular flexibility index (Phi) is 4.41. The molecule has 0 amide bonds. The molecule has 1 atom stereocenters. The normalized spacial score (nSPS) is 12.5. The molecular weight excluding hydrogens is 378 g/mol. The summed E-state index contributed by atoms with van der Waals surface area (Å²) in [5.74, 6) is -1.05. The molecule has 0 aromatic heterocycles. The first-order valence-electron chi connectivity index (χ1n) is 5.76. The molecule has 0 fully saturated rings. The molecule has 1 unspecified atom stereocenters. The summed E-state index contributed by atoms with van der Waals surface area (Å²) >= 11 is 6.90. The molecule has 0 aliphatic rings. The van der Waals surface area contributed by atoms with Gasteiger partial charge in [0.2, 0.25) is 0 Å². The van der Waals surface area contributed by atoms with E-state index >= 15 is 0 Å². The highest BCUT2D eigenvalue weighted by Gasteiger charge is 2.18. The molecule has 0 saturated heterocycles. The summed E-state index contributed by atoms with van der Waals surface area (Å²) in [5.41, 5.74) is 2.89. The quantitative estimate of drug-likeness (QED) is 0.567. The Hall–Kier alpha value is -0.740. The lowest BCUT2D eigenvalue weighted by Crippen LogP contribution is -2.01. The summed E-state index contributed by atoms with van der Waals surface area (Å²) < 4.78 is 28.2. The lowest BCUT2D eigenvalue weighted by Gasteiger charge is -2.15. The number of aryl methyl sites for hydroxylation is 2. The number of halogens is 4. The minimum atomic E-state index is -0.535. The molecule has 0 bridgehead atoms. The zero-order valence-corrected chi connectivity index (χ0v) is 13.6. The van der Waals surface area contributed by atoms with Crippen molar-refractivity contribution in [2.24, 2.45) is 0 Å². The van der Waals surface area contributed by atoms with E-state index in [0.29, 0.717) is 11.1 Å². The molecule has 2 aromatic rings. The van der Waals surface area contributed by atoms with Crippen LogP contribution >= 0.6 is 31.9 Å². The van der Waals surface area contributed by atoms with Crippen LogP contribution in [0.1, 0.15) is 27.1 Å². The largest absolute Gasteiger partial charge is 0.207 e. The Morgan fingerprint density at radius 2 is 1.58 bits per heavy atom. The number of hydrogen-bond donors (Lipinski definition) is 0. The van der Waals surface area contributed by atoms with E-state index in [1.165, 1.54) is 0 Å². The van der Waals surface area contributed by atoms with Crippen LogP contribution in [0.2, 0.25) is 0 Å². The molecular formula is C15H12Br2F2. The Morgan fingerprint density at radius 1 is 0.895 bits per heavy atom. The summed E-state index contributed by atoms with van der Waals surface area (Å²) in [7, 11) is 0. The van der Waals surface area contributed by atoms with Gasteiger partial charge in [-0.1, -0.05) is 37.9 Å². The number of benzene rings is 2. The summed E-state index contributed by atoms with van der Waals surface area (Å²) in [6, 6.07) is 8.29. The van der Waals surface area contributed by atoms with Gasteiger partial charge in [0, 0.05) is 16.1 Å². The maximum Gasteiger partial charge on any atom is 0.130 e. The van der Waals surface area contributed by atoms with Crippen molar-refractivity contribution in [2.45, 2.75) is 18.7 Å². The maximum atomic E-state index is 13.9. The van der Waals surface area contributed by atoms with Crippen molar-refractivity contribution < 1.29 is 8.78 Å². The SMILES string of the molecule is Cc1cc(C(Br)c2ccc(Br)cc2C)c(F)cc1F. The van der Waals surface area contributed by atoms with E-state index in [0.717, 1.165) is 21.7 Å². The molecule has 4 heteroatoms. The van der Waals surface area contributed by atoms with Gasteiger partial charge < -0.3 is 0 Å². The average molecular weight is 390 g/mol. The summed E-state index contributed by atoms with van der Waals surface area (Å²) in [4.78, 5) is -0.292. The summed E-state index contributed by atoms with van der Waals surface area (Å²) in [6.07, 6.45) is 0. The van der Waals surface area contributed by atoms with E-state index in [1.54, 1.807) is 13.0 Å². The third kappa shape index (κ3) is 3.06. The van der Waals surface area contributed by atoms with E-state index in [2.05, 4.69) is 31.9 Å². The first kappa shape index (κ1) is 14.7. The molecule has 0 saturated carbocycles. The zero-order chi connectivity index (χ0) is 14.2. The van der Waals surface area contributed by atoms with Crippen molar-refractivity contribution in [2.75, 3.05) is 0 Å². The summed E-state index contributed by atoms with van der Waals surface area (Å²) in [6.45, 7) is 3.59. The van der Waals surface area contributed by atoms with Crippen LogP contribution in [0, 0.1) is 25.5 Å². The van der Waals surface area contributed by atoms with Gasteiger partial charge in [0.05, 0.1) is 4.83 Å².